The molecule has 0 radical (unpaired) electrons. The molecule has 0 amide bonds. The molecule has 2 nitrogen and oxygen atoms in total. The van der Waals surface area contributed by atoms with Gasteiger partial charge in [0.05, 0.1) is 4.47 Å². The van der Waals surface area contributed by atoms with Gasteiger partial charge in [0.1, 0.15) is 12.4 Å². The summed E-state index contributed by atoms with van der Waals surface area (Å²) in [7, 11) is 1.93. The highest BCUT2D eigenvalue weighted by molar-refractivity contribution is 9.10. The Morgan fingerprint density at radius 3 is 2.93 bits per heavy atom. The number of benzene rings is 1. The fraction of sp³-hybridized carbons (Fsp3) is 0.273. The van der Waals surface area contributed by atoms with E-state index in [-0.39, 0.29) is 0 Å². The van der Waals surface area contributed by atoms with Crippen LogP contribution in [0.15, 0.2) is 35.3 Å². The van der Waals surface area contributed by atoms with Gasteiger partial charge in [-0.1, -0.05) is 18.7 Å². The molecule has 0 saturated carbocycles. The number of hydrogen-bond acceptors (Lipinski definition) is 2. The summed E-state index contributed by atoms with van der Waals surface area (Å²) in [6, 6.07) is 6.05. The van der Waals surface area contributed by atoms with E-state index in [1.807, 2.05) is 19.2 Å². The summed E-state index contributed by atoms with van der Waals surface area (Å²) in [5.41, 5.74) is 1.23. The molecular weight excluding hydrogens is 242 g/mol. The number of halogens is 1. The molecule has 0 bridgehead atoms. The van der Waals surface area contributed by atoms with E-state index in [0.29, 0.717) is 6.61 Å². The summed E-state index contributed by atoms with van der Waals surface area (Å²) in [5.74, 6) is 0.852. The van der Waals surface area contributed by atoms with Crippen molar-refractivity contribution in [1.82, 2.24) is 5.32 Å². The number of hydrogen-bond donors (Lipinski definition) is 1. The Kier molecular flexibility index (Phi) is 4.70. The molecule has 3 heteroatoms. The highest BCUT2D eigenvalue weighted by Crippen LogP contribution is 2.25. The molecule has 0 aliphatic heterocycles. The molecule has 76 valence electrons. The normalized spacial score (nSPS) is 9.86. The second-order valence-corrected chi connectivity index (χ2v) is 3.75. The molecule has 0 aromatic heterocycles. The van der Waals surface area contributed by atoms with Crippen LogP contribution in [0.25, 0.3) is 0 Å². The molecule has 1 aromatic carbocycles. The lowest BCUT2D eigenvalue weighted by atomic mass is 10.2. The van der Waals surface area contributed by atoms with Crippen LogP contribution in [0.4, 0.5) is 0 Å². The van der Waals surface area contributed by atoms with Crippen molar-refractivity contribution in [2.24, 2.45) is 0 Å². The first-order chi connectivity index (χ1) is 6.77. The van der Waals surface area contributed by atoms with Gasteiger partial charge >= 0.3 is 0 Å². The minimum Gasteiger partial charge on any atom is -0.488 e. The summed E-state index contributed by atoms with van der Waals surface area (Å²) in [6.45, 7) is 5.00. The maximum atomic E-state index is 5.43. The van der Waals surface area contributed by atoms with Crippen LogP contribution in [0.2, 0.25) is 0 Å². The second-order valence-electron chi connectivity index (χ2n) is 2.89. The Hall–Kier alpha value is -0.800. The molecule has 14 heavy (non-hydrogen) atoms. The van der Waals surface area contributed by atoms with Gasteiger partial charge in [0.2, 0.25) is 0 Å². The average Bonchev–Trinajstić information content (AvgIpc) is 2.17. The third-order valence-corrected chi connectivity index (χ3v) is 2.35. The zero-order valence-electron chi connectivity index (χ0n) is 8.22. The van der Waals surface area contributed by atoms with E-state index in [1.165, 1.54) is 5.56 Å². The second kappa shape index (κ2) is 5.83. The summed E-state index contributed by atoms with van der Waals surface area (Å²) in [6.07, 6.45) is 1.73. The maximum Gasteiger partial charge on any atom is 0.133 e. The first-order valence-corrected chi connectivity index (χ1v) is 5.24. The Balaban J connectivity index is 2.73. The number of nitrogens with one attached hydrogen (secondary N) is 1. The maximum absolute atomic E-state index is 5.43. The van der Waals surface area contributed by atoms with Crippen molar-refractivity contribution in [3.05, 3.63) is 40.9 Å². The van der Waals surface area contributed by atoms with Gasteiger partial charge < -0.3 is 10.1 Å². The van der Waals surface area contributed by atoms with Gasteiger partial charge in [0, 0.05) is 6.54 Å². The Bertz CT molecular complexity index is 312. The summed E-state index contributed by atoms with van der Waals surface area (Å²) in [5, 5.41) is 3.10. The lowest BCUT2D eigenvalue weighted by Gasteiger charge is -2.07. The zero-order valence-corrected chi connectivity index (χ0v) is 9.80. The zero-order chi connectivity index (χ0) is 10.4. The molecule has 0 aliphatic carbocycles. The minimum atomic E-state index is 0.532. The first-order valence-electron chi connectivity index (χ1n) is 4.44. The molecule has 0 saturated heterocycles. The van der Waals surface area contributed by atoms with Gasteiger partial charge in [-0.2, -0.15) is 0 Å². The van der Waals surface area contributed by atoms with Gasteiger partial charge in [-0.25, -0.2) is 0 Å². The predicted octanol–water partition coefficient (Wildman–Crippen LogP) is 2.73. The third kappa shape index (κ3) is 3.16. The highest BCUT2D eigenvalue weighted by atomic mass is 79.9. The van der Waals surface area contributed by atoms with Crippen molar-refractivity contribution in [2.45, 2.75) is 6.54 Å². The molecule has 0 aliphatic rings. The van der Waals surface area contributed by atoms with Crippen LogP contribution >= 0.6 is 15.9 Å². The summed E-state index contributed by atoms with van der Waals surface area (Å²) in [4.78, 5) is 0. The van der Waals surface area contributed by atoms with E-state index in [4.69, 9.17) is 4.74 Å². The molecule has 1 N–H and O–H groups in total. The van der Waals surface area contributed by atoms with Crippen molar-refractivity contribution in [3.8, 4) is 5.75 Å². The van der Waals surface area contributed by atoms with E-state index < -0.39 is 0 Å². The average molecular weight is 256 g/mol. The van der Waals surface area contributed by atoms with E-state index in [0.717, 1.165) is 16.8 Å². The van der Waals surface area contributed by atoms with Crippen LogP contribution in [-0.4, -0.2) is 13.7 Å². The van der Waals surface area contributed by atoms with Crippen LogP contribution in [0.5, 0.6) is 5.75 Å². The Morgan fingerprint density at radius 1 is 1.57 bits per heavy atom. The lowest BCUT2D eigenvalue weighted by Crippen LogP contribution is -2.05. The summed E-state index contributed by atoms with van der Waals surface area (Å²) >= 11 is 3.46. The van der Waals surface area contributed by atoms with Crippen LogP contribution in [-0.2, 0) is 6.54 Å². The molecule has 0 spiro atoms. The third-order valence-electron chi connectivity index (χ3n) is 1.73. The Morgan fingerprint density at radius 2 is 2.36 bits per heavy atom. The van der Waals surface area contributed by atoms with Crippen LogP contribution in [0.3, 0.4) is 0 Å². The molecule has 0 fully saturated rings. The van der Waals surface area contributed by atoms with E-state index in [9.17, 15) is 0 Å². The van der Waals surface area contributed by atoms with Gasteiger partial charge in [-0.3, -0.25) is 0 Å². The van der Waals surface area contributed by atoms with Crippen molar-refractivity contribution in [2.75, 3.05) is 13.7 Å². The fourth-order valence-corrected chi connectivity index (χ4v) is 1.66. The van der Waals surface area contributed by atoms with E-state index >= 15 is 0 Å². The molecular formula is C11H14BrNO. The van der Waals surface area contributed by atoms with E-state index in [1.54, 1.807) is 6.08 Å². The van der Waals surface area contributed by atoms with Gasteiger partial charge in [-0.05, 0) is 40.7 Å². The standard InChI is InChI=1S/C11H14BrNO/c1-3-6-14-11-5-4-9(8-13-2)7-10(11)12/h3-5,7,13H,1,6,8H2,2H3. The number of ether oxygens (including phenoxy) is 1. The molecule has 0 atom stereocenters. The first kappa shape index (κ1) is 11.3. The lowest BCUT2D eigenvalue weighted by molar-refractivity contribution is 0.361. The predicted molar refractivity (Wildman–Crippen MR) is 62.6 cm³/mol. The largest absolute Gasteiger partial charge is 0.488 e. The van der Waals surface area contributed by atoms with Gasteiger partial charge in [0.25, 0.3) is 0 Å². The van der Waals surface area contributed by atoms with Crippen molar-refractivity contribution in [1.29, 1.82) is 0 Å². The van der Waals surface area contributed by atoms with Crippen LogP contribution in [0, 0.1) is 0 Å². The van der Waals surface area contributed by atoms with Gasteiger partial charge in [-0.15, -0.1) is 0 Å². The molecule has 0 unspecified atom stereocenters. The van der Waals surface area contributed by atoms with Crippen molar-refractivity contribution in [3.63, 3.8) is 0 Å². The molecule has 1 rings (SSSR count). The monoisotopic (exact) mass is 255 g/mol. The SMILES string of the molecule is C=CCOc1ccc(CNC)cc1Br. The molecule has 0 heterocycles. The topological polar surface area (TPSA) is 21.3 Å². The van der Waals surface area contributed by atoms with Gasteiger partial charge in [0.15, 0.2) is 0 Å². The molecule has 1 aromatic rings. The summed E-state index contributed by atoms with van der Waals surface area (Å²) < 4.78 is 6.41. The van der Waals surface area contributed by atoms with Crippen molar-refractivity contribution >= 4 is 15.9 Å². The highest BCUT2D eigenvalue weighted by Gasteiger charge is 2.01. The van der Waals surface area contributed by atoms with Crippen LogP contribution < -0.4 is 10.1 Å². The number of rotatable bonds is 5. The minimum absolute atomic E-state index is 0.532. The quantitative estimate of drug-likeness (QED) is 0.818. The van der Waals surface area contributed by atoms with Crippen molar-refractivity contribution < 1.29 is 4.74 Å². The smallest absolute Gasteiger partial charge is 0.133 e. The van der Waals surface area contributed by atoms with Crippen LogP contribution in [0.1, 0.15) is 5.56 Å². The van der Waals surface area contributed by atoms with E-state index in [2.05, 4.69) is 33.9 Å². The fourth-order valence-electron chi connectivity index (χ4n) is 1.12. The Labute approximate surface area is 93.1 Å².